The zero-order valence-electron chi connectivity index (χ0n) is 17.3. The molecule has 1 saturated heterocycles. The van der Waals surface area contributed by atoms with Crippen LogP contribution in [0.2, 0.25) is 0 Å². The maximum absolute atomic E-state index is 14.1. The largest absolute Gasteiger partial charge is 0.371 e. The van der Waals surface area contributed by atoms with Crippen LogP contribution in [0.3, 0.4) is 0 Å². The third kappa shape index (κ3) is 4.08. The number of amides is 1. The van der Waals surface area contributed by atoms with Crippen molar-refractivity contribution in [1.29, 1.82) is 0 Å². The van der Waals surface area contributed by atoms with Crippen LogP contribution in [0.15, 0.2) is 29.3 Å². The van der Waals surface area contributed by atoms with Gasteiger partial charge in [0.05, 0.1) is 11.7 Å². The van der Waals surface area contributed by atoms with E-state index in [1.165, 1.54) is 27.9 Å². The van der Waals surface area contributed by atoms with Crippen LogP contribution in [-0.4, -0.2) is 28.5 Å². The molecule has 5 rings (SSSR count). The van der Waals surface area contributed by atoms with Crippen LogP contribution in [0.1, 0.15) is 42.5 Å². The zero-order chi connectivity index (χ0) is 21.4. The number of aromatic nitrogens is 2. The van der Waals surface area contributed by atoms with Crippen molar-refractivity contribution in [2.45, 2.75) is 51.5 Å². The number of hydrogen-bond donors (Lipinski definition) is 1. The lowest BCUT2D eigenvalue weighted by molar-refractivity contribution is -0.116. The van der Waals surface area contributed by atoms with E-state index in [-0.39, 0.29) is 30.2 Å². The number of carbonyl (C=O) groups excluding carboxylic acids is 1. The molecule has 162 valence electrons. The van der Waals surface area contributed by atoms with E-state index < -0.39 is 0 Å². The van der Waals surface area contributed by atoms with Crippen LogP contribution < -0.4 is 15.8 Å². The standard InChI is InChI=1S/C23H25FN4O2S/c24-15-11-16(13-17(12-15)27-8-3-4-9-27)26-20(29)7-10-28-14-25-22-21(23(28)30)18-5-1-2-6-19(18)31-22/h11-14H,1-10H2,(H,26,29). The van der Waals surface area contributed by atoms with Gasteiger partial charge in [-0.3, -0.25) is 14.2 Å². The van der Waals surface area contributed by atoms with Gasteiger partial charge >= 0.3 is 0 Å². The Morgan fingerprint density at radius 3 is 2.77 bits per heavy atom. The number of hydrogen-bond acceptors (Lipinski definition) is 5. The summed E-state index contributed by atoms with van der Waals surface area (Å²) in [4.78, 5) is 34.2. The molecule has 2 aromatic heterocycles. The van der Waals surface area contributed by atoms with Crippen molar-refractivity contribution < 1.29 is 9.18 Å². The summed E-state index contributed by atoms with van der Waals surface area (Å²) in [6, 6.07) is 4.64. The Bertz CT molecular complexity index is 1200. The first-order chi connectivity index (χ1) is 15.1. The predicted octanol–water partition coefficient (Wildman–Crippen LogP) is 4.10. The summed E-state index contributed by atoms with van der Waals surface area (Å²) in [5, 5.41) is 3.50. The van der Waals surface area contributed by atoms with Crippen molar-refractivity contribution in [3.05, 3.63) is 51.1 Å². The number of nitrogens with zero attached hydrogens (tertiary/aromatic N) is 3. The molecule has 1 aliphatic carbocycles. The van der Waals surface area contributed by atoms with Gasteiger partial charge in [-0.1, -0.05) is 0 Å². The number of rotatable bonds is 5. The summed E-state index contributed by atoms with van der Waals surface area (Å²) in [6.45, 7) is 2.05. The molecule has 1 aliphatic heterocycles. The van der Waals surface area contributed by atoms with E-state index in [1.54, 1.807) is 11.3 Å². The molecule has 0 spiro atoms. The average molecular weight is 441 g/mol. The smallest absolute Gasteiger partial charge is 0.262 e. The van der Waals surface area contributed by atoms with Crippen LogP contribution in [0.4, 0.5) is 15.8 Å². The number of halogens is 1. The minimum Gasteiger partial charge on any atom is -0.371 e. The van der Waals surface area contributed by atoms with Crippen molar-refractivity contribution in [2.24, 2.45) is 0 Å². The number of nitrogens with one attached hydrogen (secondary N) is 1. The summed E-state index contributed by atoms with van der Waals surface area (Å²) in [5.74, 6) is -0.620. The molecule has 31 heavy (non-hydrogen) atoms. The van der Waals surface area contributed by atoms with Crippen molar-refractivity contribution in [3.8, 4) is 0 Å². The van der Waals surface area contributed by atoms with Crippen LogP contribution in [0.25, 0.3) is 10.2 Å². The summed E-state index contributed by atoms with van der Waals surface area (Å²) in [6.07, 6.45) is 8.05. The first-order valence-corrected chi connectivity index (χ1v) is 11.8. The highest BCUT2D eigenvalue weighted by Crippen LogP contribution is 2.33. The topological polar surface area (TPSA) is 67.2 Å². The SMILES string of the molecule is O=C(CCn1cnc2sc3c(c2c1=O)CCCC3)Nc1cc(F)cc(N2CCCC2)c1. The lowest BCUT2D eigenvalue weighted by atomic mass is 9.97. The minimum absolute atomic E-state index is 0.0701. The molecule has 1 amide bonds. The maximum Gasteiger partial charge on any atom is 0.262 e. The monoisotopic (exact) mass is 440 g/mol. The van der Waals surface area contributed by atoms with Gasteiger partial charge in [0, 0.05) is 42.3 Å². The second kappa shape index (κ2) is 8.42. The van der Waals surface area contributed by atoms with Gasteiger partial charge in [0.2, 0.25) is 5.91 Å². The van der Waals surface area contributed by atoms with Crippen LogP contribution in [0.5, 0.6) is 0 Å². The highest BCUT2D eigenvalue weighted by Gasteiger charge is 2.20. The number of anilines is 2. The minimum atomic E-state index is -0.368. The predicted molar refractivity (Wildman–Crippen MR) is 122 cm³/mol. The molecular formula is C23H25FN4O2S. The molecule has 6 nitrogen and oxygen atoms in total. The maximum atomic E-state index is 14.1. The van der Waals surface area contributed by atoms with Gasteiger partial charge in [0.1, 0.15) is 10.6 Å². The molecule has 3 heterocycles. The van der Waals surface area contributed by atoms with Gasteiger partial charge in [-0.25, -0.2) is 9.37 Å². The number of thiophene rings is 1. The fourth-order valence-corrected chi connectivity index (χ4v) is 5.81. The van der Waals surface area contributed by atoms with Crippen LogP contribution in [-0.2, 0) is 24.2 Å². The Balaban J connectivity index is 1.29. The van der Waals surface area contributed by atoms with Gasteiger partial charge < -0.3 is 10.2 Å². The van der Waals surface area contributed by atoms with E-state index in [0.717, 1.165) is 73.1 Å². The van der Waals surface area contributed by atoms with Crippen molar-refractivity contribution in [1.82, 2.24) is 9.55 Å². The normalized spacial score (nSPS) is 16.0. The third-order valence-corrected chi connectivity index (χ3v) is 7.36. The number of benzene rings is 1. The van der Waals surface area contributed by atoms with Crippen LogP contribution in [0, 0.1) is 5.82 Å². The lowest BCUT2D eigenvalue weighted by Gasteiger charge is -2.19. The van der Waals surface area contributed by atoms with Gasteiger partial charge in [-0.05, 0) is 62.3 Å². The molecule has 2 aliphatic rings. The second-order valence-electron chi connectivity index (χ2n) is 8.32. The molecule has 0 bridgehead atoms. The van der Waals surface area contributed by atoms with E-state index >= 15 is 0 Å². The van der Waals surface area contributed by atoms with Gasteiger partial charge in [-0.2, -0.15) is 0 Å². The van der Waals surface area contributed by atoms with E-state index in [0.29, 0.717) is 5.69 Å². The Morgan fingerprint density at radius 1 is 1.13 bits per heavy atom. The van der Waals surface area contributed by atoms with Gasteiger partial charge in [-0.15, -0.1) is 11.3 Å². The lowest BCUT2D eigenvalue weighted by Crippen LogP contribution is -2.24. The summed E-state index contributed by atoms with van der Waals surface area (Å²) >= 11 is 1.62. The Labute approximate surface area is 183 Å². The van der Waals surface area contributed by atoms with Crippen molar-refractivity contribution in [2.75, 3.05) is 23.3 Å². The van der Waals surface area contributed by atoms with Crippen LogP contribution >= 0.6 is 11.3 Å². The molecule has 1 fully saturated rings. The van der Waals surface area contributed by atoms with E-state index in [4.69, 9.17) is 0 Å². The van der Waals surface area contributed by atoms with E-state index in [2.05, 4.69) is 15.2 Å². The highest BCUT2D eigenvalue weighted by atomic mass is 32.1. The first kappa shape index (κ1) is 20.2. The molecular weight excluding hydrogens is 415 g/mol. The molecule has 0 radical (unpaired) electrons. The zero-order valence-corrected chi connectivity index (χ0v) is 18.1. The Hall–Kier alpha value is -2.74. The quantitative estimate of drug-likeness (QED) is 0.649. The molecule has 8 heteroatoms. The van der Waals surface area contributed by atoms with E-state index in [1.807, 2.05) is 6.07 Å². The molecule has 3 aromatic rings. The highest BCUT2D eigenvalue weighted by molar-refractivity contribution is 7.18. The van der Waals surface area contributed by atoms with Crippen molar-refractivity contribution in [3.63, 3.8) is 0 Å². The molecule has 1 aromatic carbocycles. The van der Waals surface area contributed by atoms with Gasteiger partial charge in [0.15, 0.2) is 0 Å². The molecule has 0 saturated carbocycles. The number of aryl methyl sites for hydroxylation is 3. The molecule has 1 N–H and O–H groups in total. The summed E-state index contributed by atoms with van der Waals surface area (Å²) < 4.78 is 15.6. The molecule has 0 unspecified atom stereocenters. The van der Waals surface area contributed by atoms with Crippen molar-refractivity contribution >= 4 is 38.8 Å². The number of fused-ring (bicyclic) bond motifs is 3. The summed E-state index contributed by atoms with van der Waals surface area (Å²) in [5.41, 5.74) is 2.32. The molecule has 0 atom stereocenters. The number of carbonyl (C=O) groups is 1. The Morgan fingerprint density at radius 2 is 1.94 bits per heavy atom. The average Bonchev–Trinajstić information content (AvgIpc) is 3.41. The van der Waals surface area contributed by atoms with E-state index in [9.17, 15) is 14.0 Å². The fourth-order valence-electron chi connectivity index (χ4n) is 4.59. The summed E-state index contributed by atoms with van der Waals surface area (Å²) in [7, 11) is 0. The first-order valence-electron chi connectivity index (χ1n) is 10.9. The third-order valence-electron chi connectivity index (χ3n) is 6.16. The van der Waals surface area contributed by atoms with Gasteiger partial charge in [0.25, 0.3) is 5.56 Å². The Kier molecular flexibility index (Phi) is 5.48. The fraction of sp³-hybridized carbons (Fsp3) is 0.435. The second-order valence-corrected chi connectivity index (χ2v) is 9.41.